The first-order valence-electron chi connectivity index (χ1n) is 5.82. The molecule has 0 atom stereocenters. The third-order valence-corrected chi connectivity index (χ3v) is 2.62. The predicted molar refractivity (Wildman–Crippen MR) is 66.8 cm³/mol. The molecule has 5 heteroatoms. The van der Waals surface area contributed by atoms with E-state index in [1.54, 1.807) is 0 Å². The number of aromatic nitrogens is 1. The van der Waals surface area contributed by atoms with Crippen LogP contribution in [0.1, 0.15) is 18.4 Å². The third-order valence-electron chi connectivity index (χ3n) is 2.62. The van der Waals surface area contributed by atoms with E-state index in [4.69, 9.17) is 10.2 Å². The summed E-state index contributed by atoms with van der Waals surface area (Å²) in [5.74, 6) is -0.409. The summed E-state index contributed by atoms with van der Waals surface area (Å²) < 4.78 is 5.00. The van der Waals surface area contributed by atoms with E-state index < -0.39 is 5.76 Å². The summed E-state index contributed by atoms with van der Waals surface area (Å²) >= 11 is 0. The Morgan fingerprint density at radius 2 is 2.24 bits per heavy atom. The number of rotatable bonds is 6. The summed E-state index contributed by atoms with van der Waals surface area (Å²) in [6.07, 6.45) is 2.12. The van der Waals surface area contributed by atoms with Gasteiger partial charge < -0.3 is 15.5 Å². The van der Waals surface area contributed by atoms with Crippen LogP contribution in [-0.2, 0) is 6.54 Å². The highest BCUT2D eigenvalue weighted by Gasteiger charge is 2.01. The van der Waals surface area contributed by atoms with Crippen molar-refractivity contribution in [2.24, 2.45) is 5.73 Å². The normalized spacial score (nSPS) is 11.1. The minimum atomic E-state index is -0.409. The van der Waals surface area contributed by atoms with Crippen LogP contribution in [0.3, 0.4) is 0 Å². The number of oxazole rings is 1. The molecule has 1 aromatic carbocycles. The first-order valence-corrected chi connectivity index (χ1v) is 5.82. The molecule has 0 aliphatic rings. The molecule has 4 N–H and O–H groups in total. The Kier molecular flexibility index (Phi) is 3.95. The fourth-order valence-corrected chi connectivity index (χ4v) is 1.73. The van der Waals surface area contributed by atoms with Crippen LogP contribution in [0.4, 0.5) is 0 Å². The molecule has 17 heavy (non-hydrogen) atoms. The number of aromatic amines is 1. The summed E-state index contributed by atoms with van der Waals surface area (Å²) in [4.78, 5) is 13.6. The van der Waals surface area contributed by atoms with Crippen molar-refractivity contribution in [3.63, 3.8) is 0 Å². The van der Waals surface area contributed by atoms with Crippen LogP contribution in [0.25, 0.3) is 11.1 Å². The fourth-order valence-electron chi connectivity index (χ4n) is 1.73. The molecule has 0 spiro atoms. The van der Waals surface area contributed by atoms with Crippen molar-refractivity contribution in [1.82, 2.24) is 10.3 Å². The van der Waals surface area contributed by atoms with Gasteiger partial charge in [-0.15, -0.1) is 0 Å². The van der Waals surface area contributed by atoms with Crippen molar-refractivity contribution in [3.05, 3.63) is 34.3 Å². The molecule has 0 saturated heterocycles. The number of nitrogens with two attached hydrogens (primary N) is 1. The van der Waals surface area contributed by atoms with Crippen LogP contribution in [0.5, 0.6) is 0 Å². The molecule has 1 aromatic heterocycles. The molecule has 0 bridgehead atoms. The summed E-state index contributed by atoms with van der Waals surface area (Å²) in [5, 5.41) is 3.32. The van der Waals surface area contributed by atoms with Crippen molar-refractivity contribution in [1.29, 1.82) is 0 Å². The van der Waals surface area contributed by atoms with E-state index in [9.17, 15) is 4.79 Å². The molecule has 0 radical (unpaired) electrons. The average Bonchev–Trinajstić information content (AvgIpc) is 2.68. The van der Waals surface area contributed by atoms with Crippen LogP contribution in [0.15, 0.2) is 27.4 Å². The average molecular weight is 235 g/mol. The van der Waals surface area contributed by atoms with E-state index in [0.717, 1.165) is 43.6 Å². The van der Waals surface area contributed by atoms with Crippen LogP contribution < -0.4 is 16.8 Å². The van der Waals surface area contributed by atoms with Crippen molar-refractivity contribution in [3.8, 4) is 0 Å². The van der Waals surface area contributed by atoms with Gasteiger partial charge in [-0.2, -0.15) is 0 Å². The Balaban J connectivity index is 1.92. The number of fused-ring (bicyclic) bond motifs is 1. The number of benzene rings is 1. The first-order chi connectivity index (χ1) is 8.29. The molecule has 0 aliphatic carbocycles. The van der Waals surface area contributed by atoms with E-state index in [2.05, 4.69) is 10.3 Å². The lowest BCUT2D eigenvalue weighted by Gasteiger charge is -2.03. The zero-order valence-corrected chi connectivity index (χ0v) is 9.66. The van der Waals surface area contributed by atoms with Crippen LogP contribution in [0, 0.1) is 0 Å². The van der Waals surface area contributed by atoms with Crippen LogP contribution in [-0.4, -0.2) is 18.1 Å². The Morgan fingerprint density at radius 1 is 1.35 bits per heavy atom. The maximum atomic E-state index is 11.0. The Labute approximate surface area is 99.0 Å². The largest absolute Gasteiger partial charge is 0.417 e. The summed E-state index contributed by atoms with van der Waals surface area (Å²) in [7, 11) is 0. The zero-order valence-electron chi connectivity index (χ0n) is 9.66. The van der Waals surface area contributed by atoms with Gasteiger partial charge in [0.05, 0.1) is 5.52 Å². The smallest absolute Gasteiger partial charge is 0.408 e. The van der Waals surface area contributed by atoms with Crippen LogP contribution in [0.2, 0.25) is 0 Å². The topological polar surface area (TPSA) is 84.0 Å². The molecule has 92 valence electrons. The number of hydrogen-bond donors (Lipinski definition) is 3. The summed E-state index contributed by atoms with van der Waals surface area (Å²) in [6, 6.07) is 5.71. The molecule has 5 nitrogen and oxygen atoms in total. The van der Waals surface area contributed by atoms with Gasteiger partial charge in [0, 0.05) is 6.54 Å². The second-order valence-electron chi connectivity index (χ2n) is 4.02. The minimum Gasteiger partial charge on any atom is -0.408 e. The van der Waals surface area contributed by atoms with E-state index >= 15 is 0 Å². The Morgan fingerprint density at radius 3 is 3.06 bits per heavy atom. The molecule has 0 amide bonds. The van der Waals surface area contributed by atoms with Crippen molar-refractivity contribution in [2.45, 2.75) is 19.4 Å². The van der Waals surface area contributed by atoms with E-state index in [1.165, 1.54) is 0 Å². The lowest BCUT2D eigenvalue weighted by molar-refractivity contribution is 0.554. The quantitative estimate of drug-likeness (QED) is 0.651. The van der Waals surface area contributed by atoms with Gasteiger partial charge in [-0.3, -0.25) is 4.98 Å². The second kappa shape index (κ2) is 5.65. The van der Waals surface area contributed by atoms with Crippen LogP contribution >= 0.6 is 0 Å². The fraction of sp³-hybridized carbons (Fsp3) is 0.417. The van der Waals surface area contributed by atoms with E-state index in [1.807, 2.05) is 18.2 Å². The monoisotopic (exact) mass is 235 g/mol. The molecular formula is C12H17N3O2. The van der Waals surface area contributed by atoms with Gasteiger partial charge in [-0.25, -0.2) is 4.79 Å². The molecule has 1 heterocycles. The van der Waals surface area contributed by atoms with Gasteiger partial charge in [0.25, 0.3) is 0 Å². The maximum Gasteiger partial charge on any atom is 0.417 e. The van der Waals surface area contributed by atoms with Crippen molar-refractivity contribution in [2.75, 3.05) is 13.1 Å². The van der Waals surface area contributed by atoms with Gasteiger partial charge in [0.2, 0.25) is 0 Å². The third kappa shape index (κ3) is 3.18. The standard InChI is InChI=1S/C12H17N3O2/c13-5-1-2-6-14-8-9-3-4-10-11(7-9)17-12(16)15-10/h3-4,7,14H,1-2,5-6,8,13H2,(H,15,16). The summed E-state index contributed by atoms with van der Waals surface area (Å²) in [5.41, 5.74) is 7.86. The number of hydrogen-bond acceptors (Lipinski definition) is 4. The lowest BCUT2D eigenvalue weighted by Crippen LogP contribution is -2.15. The van der Waals surface area contributed by atoms with Gasteiger partial charge in [0.1, 0.15) is 0 Å². The predicted octanol–water partition coefficient (Wildman–Crippen LogP) is 0.950. The number of unbranched alkanes of at least 4 members (excludes halogenated alkanes) is 1. The summed E-state index contributed by atoms with van der Waals surface area (Å²) in [6.45, 7) is 2.46. The molecule has 0 saturated carbocycles. The van der Waals surface area contributed by atoms with Crippen molar-refractivity contribution >= 4 is 11.1 Å². The number of nitrogens with one attached hydrogen (secondary N) is 2. The van der Waals surface area contributed by atoms with Gasteiger partial charge in [0.15, 0.2) is 5.58 Å². The molecule has 0 fully saturated rings. The molecular weight excluding hydrogens is 218 g/mol. The molecule has 0 aliphatic heterocycles. The maximum absolute atomic E-state index is 11.0. The second-order valence-corrected chi connectivity index (χ2v) is 4.02. The highest BCUT2D eigenvalue weighted by atomic mass is 16.4. The highest BCUT2D eigenvalue weighted by Crippen LogP contribution is 2.11. The highest BCUT2D eigenvalue weighted by molar-refractivity contribution is 5.72. The minimum absolute atomic E-state index is 0.409. The lowest BCUT2D eigenvalue weighted by atomic mass is 10.2. The SMILES string of the molecule is NCCCCNCc1ccc2[nH]c(=O)oc2c1. The Hall–Kier alpha value is -1.59. The van der Waals surface area contributed by atoms with Gasteiger partial charge in [-0.05, 0) is 43.6 Å². The molecule has 2 aromatic rings. The first kappa shape index (κ1) is 11.9. The molecule has 2 rings (SSSR count). The van der Waals surface area contributed by atoms with E-state index in [0.29, 0.717) is 5.58 Å². The molecule has 0 unspecified atom stereocenters. The van der Waals surface area contributed by atoms with E-state index in [-0.39, 0.29) is 0 Å². The number of H-pyrrole nitrogens is 1. The zero-order chi connectivity index (χ0) is 12.1. The van der Waals surface area contributed by atoms with Gasteiger partial charge in [-0.1, -0.05) is 6.07 Å². The van der Waals surface area contributed by atoms with Gasteiger partial charge >= 0.3 is 5.76 Å². The Bertz CT molecular complexity index is 530. The van der Waals surface area contributed by atoms with Crippen molar-refractivity contribution < 1.29 is 4.42 Å².